The summed E-state index contributed by atoms with van der Waals surface area (Å²) >= 11 is 1.88. The predicted octanol–water partition coefficient (Wildman–Crippen LogP) is 3.52. The summed E-state index contributed by atoms with van der Waals surface area (Å²) in [5, 5.41) is 0. The van der Waals surface area contributed by atoms with E-state index >= 15 is 0 Å². The quantitative estimate of drug-likeness (QED) is 0.707. The Kier molecular flexibility index (Phi) is 2.46. The van der Waals surface area contributed by atoms with Crippen LogP contribution in [0.25, 0.3) is 0 Å². The third-order valence-electron chi connectivity index (χ3n) is 2.53. The van der Waals surface area contributed by atoms with E-state index in [1.165, 1.54) is 21.1 Å². The lowest BCUT2D eigenvalue weighted by atomic mass is 10.4. The first-order valence-electron chi connectivity index (χ1n) is 4.85. The SMILES string of the molecule is Cc1ccc(Cn2c(C)ccc2C)s1. The Hall–Kier alpha value is -1.02. The fraction of sp³-hybridized carbons (Fsp3) is 0.333. The maximum absolute atomic E-state index is 2.35. The number of rotatable bonds is 2. The fourth-order valence-corrected chi connectivity index (χ4v) is 2.55. The highest BCUT2D eigenvalue weighted by Gasteiger charge is 2.03. The maximum Gasteiger partial charge on any atom is 0.0568 e. The van der Waals surface area contributed by atoms with Crippen LogP contribution in [0.1, 0.15) is 21.1 Å². The third-order valence-corrected chi connectivity index (χ3v) is 3.51. The number of hydrogen-bond acceptors (Lipinski definition) is 1. The molecule has 2 aromatic heterocycles. The molecule has 0 aliphatic carbocycles. The number of aromatic nitrogens is 1. The molecule has 2 aromatic rings. The second-order valence-electron chi connectivity index (χ2n) is 3.71. The highest BCUT2D eigenvalue weighted by atomic mass is 32.1. The molecule has 0 aromatic carbocycles. The zero-order valence-corrected chi connectivity index (χ0v) is 9.69. The van der Waals surface area contributed by atoms with Crippen molar-refractivity contribution in [1.82, 2.24) is 4.57 Å². The molecule has 0 atom stereocenters. The molecule has 0 aliphatic heterocycles. The minimum absolute atomic E-state index is 1.02. The Balaban J connectivity index is 2.26. The van der Waals surface area contributed by atoms with Crippen molar-refractivity contribution < 1.29 is 0 Å². The smallest absolute Gasteiger partial charge is 0.0568 e. The van der Waals surface area contributed by atoms with Crippen LogP contribution in [0.3, 0.4) is 0 Å². The Morgan fingerprint density at radius 3 is 2.14 bits per heavy atom. The summed E-state index contributed by atoms with van der Waals surface area (Å²) in [5.41, 5.74) is 2.68. The van der Waals surface area contributed by atoms with Gasteiger partial charge in [-0.1, -0.05) is 0 Å². The van der Waals surface area contributed by atoms with Gasteiger partial charge in [0.2, 0.25) is 0 Å². The van der Waals surface area contributed by atoms with E-state index in [2.05, 4.69) is 49.6 Å². The molecule has 74 valence electrons. The summed E-state index contributed by atoms with van der Waals surface area (Å²) in [4.78, 5) is 2.83. The second-order valence-corrected chi connectivity index (χ2v) is 5.09. The van der Waals surface area contributed by atoms with Gasteiger partial charge in [0.25, 0.3) is 0 Å². The van der Waals surface area contributed by atoms with Crippen LogP contribution in [0.15, 0.2) is 24.3 Å². The molecule has 0 aliphatic rings. The van der Waals surface area contributed by atoms with E-state index in [-0.39, 0.29) is 0 Å². The van der Waals surface area contributed by atoms with Gasteiger partial charge in [0.05, 0.1) is 6.54 Å². The first-order valence-corrected chi connectivity index (χ1v) is 5.66. The van der Waals surface area contributed by atoms with Crippen LogP contribution in [0, 0.1) is 20.8 Å². The molecule has 0 radical (unpaired) electrons. The molecule has 0 N–H and O–H groups in total. The molecule has 0 saturated heterocycles. The van der Waals surface area contributed by atoms with Crippen LogP contribution in [0.4, 0.5) is 0 Å². The van der Waals surface area contributed by atoms with Crippen molar-refractivity contribution in [3.63, 3.8) is 0 Å². The molecule has 1 nitrogen and oxygen atoms in total. The van der Waals surface area contributed by atoms with Crippen molar-refractivity contribution >= 4 is 11.3 Å². The predicted molar refractivity (Wildman–Crippen MR) is 62.1 cm³/mol. The standard InChI is InChI=1S/C12H15NS/c1-9-4-5-10(2)13(9)8-12-7-6-11(3)14-12/h4-7H,8H2,1-3H3. The van der Waals surface area contributed by atoms with Gasteiger partial charge in [-0.2, -0.15) is 0 Å². The van der Waals surface area contributed by atoms with Crippen molar-refractivity contribution in [2.75, 3.05) is 0 Å². The molecule has 2 rings (SSSR count). The minimum Gasteiger partial charge on any atom is -0.344 e. The number of hydrogen-bond donors (Lipinski definition) is 0. The molecule has 0 spiro atoms. The summed E-state index contributed by atoms with van der Waals surface area (Å²) in [6, 6.07) is 8.76. The van der Waals surface area contributed by atoms with Gasteiger partial charge < -0.3 is 4.57 Å². The van der Waals surface area contributed by atoms with E-state index in [0.29, 0.717) is 0 Å². The number of thiophene rings is 1. The molecule has 0 fully saturated rings. The third kappa shape index (κ3) is 1.75. The van der Waals surface area contributed by atoms with Gasteiger partial charge in [-0.05, 0) is 45.0 Å². The van der Waals surface area contributed by atoms with Gasteiger partial charge in [-0.3, -0.25) is 0 Å². The van der Waals surface area contributed by atoms with Crippen LogP contribution in [0.2, 0.25) is 0 Å². The molecular weight excluding hydrogens is 190 g/mol. The summed E-state index contributed by atoms with van der Waals surface area (Å²) in [6.07, 6.45) is 0. The largest absolute Gasteiger partial charge is 0.344 e. The first kappa shape index (κ1) is 9.53. The van der Waals surface area contributed by atoms with Gasteiger partial charge >= 0.3 is 0 Å². The molecule has 14 heavy (non-hydrogen) atoms. The Morgan fingerprint density at radius 1 is 1.00 bits per heavy atom. The molecule has 0 amide bonds. The Morgan fingerprint density at radius 2 is 1.64 bits per heavy atom. The summed E-state index contributed by atoms with van der Waals surface area (Å²) in [7, 11) is 0. The molecular formula is C12H15NS. The molecule has 0 bridgehead atoms. The van der Waals surface area contributed by atoms with Crippen molar-refractivity contribution in [3.8, 4) is 0 Å². The number of nitrogens with zero attached hydrogens (tertiary/aromatic N) is 1. The van der Waals surface area contributed by atoms with Crippen molar-refractivity contribution in [2.24, 2.45) is 0 Å². The summed E-state index contributed by atoms with van der Waals surface area (Å²) < 4.78 is 2.35. The fourth-order valence-electron chi connectivity index (χ4n) is 1.67. The van der Waals surface area contributed by atoms with Crippen LogP contribution in [-0.4, -0.2) is 4.57 Å². The average Bonchev–Trinajstić information content (AvgIpc) is 2.67. The molecule has 0 unspecified atom stereocenters. The molecule has 2 heterocycles. The lowest BCUT2D eigenvalue weighted by molar-refractivity contribution is 0.759. The van der Waals surface area contributed by atoms with Crippen molar-refractivity contribution in [1.29, 1.82) is 0 Å². The lowest BCUT2D eigenvalue weighted by Gasteiger charge is -2.06. The van der Waals surface area contributed by atoms with Gasteiger partial charge in [-0.15, -0.1) is 11.3 Å². The normalized spacial score (nSPS) is 10.8. The topological polar surface area (TPSA) is 4.93 Å². The Bertz CT molecular complexity index is 417. The first-order chi connectivity index (χ1) is 6.66. The zero-order chi connectivity index (χ0) is 10.1. The van der Waals surface area contributed by atoms with Gasteiger partial charge in [0, 0.05) is 21.1 Å². The van der Waals surface area contributed by atoms with E-state index in [1.807, 2.05) is 11.3 Å². The van der Waals surface area contributed by atoms with Gasteiger partial charge in [0.15, 0.2) is 0 Å². The zero-order valence-electron chi connectivity index (χ0n) is 8.87. The highest BCUT2D eigenvalue weighted by Crippen LogP contribution is 2.18. The van der Waals surface area contributed by atoms with Crippen molar-refractivity contribution in [2.45, 2.75) is 27.3 Å². The monoisotopic (exact) mass is 205 g/mol. The van der Waals surface area contributed by atoms with Gasteiger partial charge in [0.1, 0.15) is 0 Å². The van der Waals surface area contributed by atoms with Crippen LogP contribution in [-0.2, 0) is 6.54 Å². The minimum atomic E-state index is 1.02. The van der Waals surface area contributed by atoms with E-state index in [0.717, 1.165) is 6.54 Å². The van der Waals surface area contributed by atoms with Gasteiger partial charge in [-0.25, -0.2) is 0 Å². The molecule has 0 saturated carbocycles. The van der Waals surface area contributed by atoms with Crippen LogP contribution >= 0.6 is 11.3 Å². The summed E-state index contributed by atoms with van der Waals surface area (Å²) in [6.45, 7) is 7.49. The lowest BCUT2D eigenvalue weighted by Crippen LogP contribution is -2.01. The van der Waals surface area contributed by atoms with E-state index in [1.54, 1.807) is 0 Å². The maximum atomic E-state index is 2.35. The van der Waals surface area contributed by atoms with E-state index < -0.39 is 0 Å². The van der Waals surface area contributed by atoms with E-state index in [9.17, 15) is 0 Å². The van der Waals surface area contributed by atoms with E-state index in [4.69, 9.17) is 0 Å². The van der Waals surface area contributed by atoms with Crippen molar-refractivity contribution in [3.05, 3.63) is 45.4 Å². The Labute approximate surface area is 89.0 Å². The second kappa shape index (κ2) is 3.62. The molecule has 2 heteroatoms. The average molecular weight is 205 g/mol. The number of aryl methyl sites for hydroxylation is 3. The van der Waals surface area contributed by atoms with Crippen LogP contribution < -0.4 is 0 Å². The summed E-state index contributed by atoms with van der Waals surface area (Å²) in [5.74, 6) is 0. The highest BCUT2D eigenvalue weighted by molar-refractivity contribution is 7.11. The van der Waals surface area contributed by atoms with Crippen LogP contribution in [0.5, 0.6) is 0 Å².